The zero-order valence-corrected chi connectivity index (χ0v) is 20.9. The largest absolute Gasteiger partial charge is 0.473 e. The topological polar surface area (TPSA) is 88.5 Å². The molecule has 188 valence electrons. The highest BCUT2D eigenvalue weighted by molar-refractivity contribution is 5.97. The molecule has 2 atom stereocenters. The van der Waals surface area contributed by atoms with Crippen molar-refractivity contribution >= 4 is 39.1 Å². The Hall–Kier alpha value is -3.63. The molecular formula is C26H30FN7O2. The molecule has 0 radical (unpaired) electrons. The number of halogens is 1. The molecule has 1 saturated heterocycles. The molecule has 0 saturated carbocycles. The number of methoxy groups -OCH3 is 1. The van der Waals surface area contributed by atoms with Gasteiger partial charge in [0.2, 0.25) is 5.88 Å². The molecule has 5 rings (SSSR count). The summed E-state index contributed by atoms with van der Waals surface area (Å²) in [5.41, 5.74) is 1.53. The van der Waals surface area contributed by atoms with Crippen molar-refractivity contribution in [3.63, 3.8) is 0 Å². The number of pyridine rings is 2. The lowest BCUT2D eigenvalue weighted by molar-refractivity contribution is 0.121. The minimum Gasteiger partial charge on any atom is -0.473 e. The third kappa shape index (κ3) is 4.87. The minimum absolute atomic E-state index is 0.146. The van der Waals surface area contributed by atoms with Crippen molar-refractivity contribution in [2.75, 3.05) is 51.1 Å². The number of nitrogens with one attached hydrogen (secondary N) is 1. The SMILES string of the molecule is CO[C@H]1CCN(c2cc3ncnc(Nc4ccc5ncccc5c4F)c3c(O[C@@H](C)CN(C)C)n2)C1. The summed E-state index contributed by atoms with van der Waals surface area (Å²) in [7, 11) is 5.71. The molecule has 1 aliphatic rings. The van der Waals surface area contributed by atoms with Crippen LogP contribution in [0.15, 0.2) is 42.9 Å². The molecule has 9 nitrogen and oxygen atoms in total. The summed E-state index contributed by atoms with van der Waals surface area (Å²) in [5.74, 6) is 1.19. The number of likely N-dealkylation sites (N-methyl/N-ethyl adjacent to an activating group) is 1. The number of hydrogen-bond donors (Lipinski definition) is 1. The summed E-state index contributed by atoms with van der Waals surface area (Å²) in [6, 6.07) is 8.77. The second-order valence-electron chi connectivity index (χ2n) is 9.31. The van der Waals surface area contributed by atoms with Crippen LogP contribution in [0.3, 0.4) is 0 Å². The van der Waals surface area contributed by atoms with Crippen molar-refractivity contribution in [1.82, 2.24) is 24.8 Å². The van der Waals surface area contributed by atoms with Gasteiger partial charge >= 0.3 is 0 Å². The van der Waals surface area contributed by atoms with Crippen LogP contribution >= 0.6 is 0 Å². The van der Waals surface area contributed by atoms with Crippen molar-refractivity contribution in [3.8, 4) is 5.88 Å². The summed E-state index contributed by atoms with van der Waals surface area (Å²) in [6.07, 6.45) is 4.05. The predicted octanol–water partition coefficient (Wildman–Crippen LogP) is 4.01. The number of nitrogens with zero attached hydrogens (tertiary/aromatic N) is 6. The third-order valence-corrected chi connectivity index (χ3v) is 6.28. The maximum atomic E-state index is 15.3. The first-order valence-electron chi connectivity index (χ1n) is 12.0. The lowest BCUT2D eigenvalue weighted by Crippen LogP contribution is -2.29. The first kappa shape index (κ1) is 24.1. The van der Waals surface area contributed by atoms with Gasteiger partial charge in [-0.25, -0.2) is 14.4 Å². The van der Waals surface area contributed by atoms with E-state index >= 15 is 4.39 Å². The standard InChI is InChI=1S/C26H30FN7O2/c1-16(13-33(2)3)36-26-23-21(12-22(32-26)34-11-9-17(14-34)35-4)29-15-30-25(23)31-20-8-7-19-18(24(20)27)6-5-10-28-19/h5-8,10,12,15-17H,9,11,13-14H2,1-4H3,(H,29,30,31)/t16-,17-/m0/s1. The monoisotopic (exact) mass is 491 g/mol. The second-order valence-corrected chi connectivity index (χ2v) is 9.31. The lowest BCUT2D eigenvalue weighted by Gasteiger charge is -2.23. The number of rotatable bonds is 8. The fourth-order valence-corrected chi connectivity index (χ4v) is 4.59. The number of ether oxygens (including phenoxy) is 2. The van der Waals surface area contributed by atoms with Crippen LogP contribution in [-0.2, 0) is 4.74 Å². The first-order chi connectivity index (χ1) is 17.4. The maximum absolute atomic E-state index is 15.3. The quantitative estimate of drug-likeness (QED) is 0.393. The van der Waals surface area contributed by atoms with E-state index in [4.69, 9.17) is 14.5 Å². The molecule has 0 unspecified atom stereocenters. The van der Waals surface area contributed by atoms with Gasteiger partial charge in [0.15, 0.2) is 5.82 Å². The maximum Gasteiger partial charge on any atom is 0.229 e. The highest BCUT2D eigenvalue weighted by Crippen LogP contribution is 2.35. The van der Waals surface area contributed by atoms with Crippen LogP contribution in [0, 0.1) is 5.82 Å². The minimum atomic E-state index is -0.400. The van der Waals surface area contributed by atoms with Gasteiger partial charge in [-0.15, -0.1) is 0 Å². The summed E-state index contributed by atoms with van der Waals surface area (Å²) < 4.78 is 27.2. The summed E-state index contributed by atoms with van der Waals surface area (Å²) in [5, 5.41) is 4.18. The summed E-state index contributed by atoms with van der Waals surface area (Å²) >= 11 is 0. The second kappa shape index (κ2) is 10.2. The molecule has 4 heterocycles. The van der Waals surface area contributed by atoms with Crippen molar-refractivity contribution in [2.45, 2.75) is 25.6 Å². The number of aromatic nitrogens is 4. The van der Waals surface area contributed by atoms with E-state index in [0.29, 0.717) is 40.0 Å². The van der Waals surface area contributed by atoms with Crippen molar-refractivity contribution in [3.05, 3.63) is 48.7 Å². The van der Waals surface area contributed by atoms with Gasteiger partial charge in [-0.3, -0.25) is 4.98 Å². The smallest absolute Gasteiger partial charge is 0.229 e. The average molecular weight is 492 g/mol. The van der Waals surface area contributed by atoms with Gasteiger partial charge in [0.1, 0.15) is 29.5 Å². The van der Waals surface area contributed by atoms with E-state index in [1.165, 1.54) is 6.33 Å². The molecular weight excluding hydrogens is 461 g/mol. The van der Waals surface area contributed by atoms with Crippen molar-refractivity contribution in [2.24, 2.45) is 0 Å². The predicted molar refractivity (Wildman–Crippen MR) is 139 cm³/mol. The van der Waals surface area contributed by atoms with Crippen LogP contribution in [0.1, 0.15) is 13.3 Å². The van der Waals surface area contributed by atoms with Gasteiger partial charge in [-0.2, -0.15) is 4.98 Å². The number of fused-ring (bicyclic) bond motifs is 2. The molecule has 1 fully saturated rings. The average Bonchev–Trinajstić information content (AvgIpc) is 3.35. The molecule has 1 aromatic carbocycles. The van der Waals surface area contributed by atoms with Gasteiger partial charge in [0.05, 0.1) is 22.8 Å². The molecule has 1 aliphatic heterocycles. The Morgan fingerprint density at radius 1 is 1.19 bits per heavy atom. The van der Waals surface area contributed by atoms with Crippen LogP contribution < -0.4 is 15.0 Å². The van der Waals surface area contributed by atoms with Crippen LogP contribution in [0.25, 0.3) is 21.8 Å². The van der Waals surface area contributed by atoms with E-state index in [1.807, 2.05) is 27.1 Å². The van der Waals surface area contributed by atoms with E-state index in [9.17, 15) is 0 Å². The highest BCUT2D eigenvalue weighted by atomic mass is 19.1. The van der Waals surface area contributed by atoms with Crippen LogP contribution in [-0.4, -0.2) is 77.9 Å². The van der Waals surface area contributed by atoms with Gasteiger partial charge in [-0.05, 0) is 51.7 Å². The van der Waals surface area contributed by atoms with E-state index in [1.54, 1.807) is 37.6 Å². The molecule has 0 amide bonds. The Morgan fingerprint density at radius 2 is 2.06 bits per heavy atom. The van der Waals surface area contributed by atoms with Crippen LogP contribution in [0.2, 0.25) is 0 Å². The number of anilines is 3. The Bertz CT molecular complexity index is 1380. The highest BCUT2D eigenvalue weighted by Gasteiger charge is 2.26. The van der Waals surface area contributed by atoms with E-state index in [2.05, 4.69) is 30.1 Å². The molecule has 1 N–H and O–H groups in total. The Kier molecular flexibility index (Phi) is 6.80. The lowest BCUT2D eigenvalue weighted by atomic mass is 10.1. The zero-order valence-electron chi connectivity index (χ0n) is 20.9. The van der Waals surface area contributed by atoms with E-state index in [-0.39, 0.29) is 17.9 Å². The summed E-state index contributed by atoms with van der Waals surface area (Å²) in [6.45, 7) is 4.26. The Balaban J connectivity index is 1.58. The Morgan fingerprint density at radius 3 is 2.83 bits per heavy atom. The van der Waals surface area contributed by atoms with Crippen LogP contribution in [0.4, 0.5) is 21.7 Å². The molecule has 3 aromatic heterocycles. The van der Waals surface area contributed by atoms with Crippen molar-refractivity contribution < 1.29 is 13.9 Å². The third-order valence-electron chi connectivity index (χ3n) is 6.28. The fraction of sp³-hybridized carbons (Fsp3) is 0.385. The molecule has 0 spiro atoms. The van der Waals surface area contributed by atoms with Gasteiger partial charge in [0.25, 0.3) is 0 Å². The van der Waals surface area contributed by atoms with E-state index in [0.717, 1.165) is 25.3 Å². The zero-order chi connectivity index (χ0) is 25.2. The normalized spacial score (nSPS) is 16.7. The molecule has 0 aliphatic carbocycles. The fourth-order valence-electron chi connectivity index (χ4n) is 4.59. The summed E-state index contributed by atoms with van der Waals surface area (Å²) in [4.78, 5) is 22.3. The molecule has 10 heteroatoms. The molecule has 0 bridgehead atoms. The Labute approximate surface area is 209 Å². The van der Waals surface area contributed by atoms with E-state index < -0.39 is 5.82 Å². The number of benzene rings is 1. The van der Waals surface area contributed by atoms with Gasteiger partial charge < -0.3 is 24.6 Å². The van der Waals surface area contributed by atoms with Gasteiger partial charge in [0, 0.05) is 44.4 Å². The van der Waals surface area contributed by atoms with Crippen LogP contribution in [0.5, 0.6) is 5.88 Å². The number of hydrogen-bond acceptors (Lipinski definition) is 9. The molecule has 4 aromatic rings. The first-order valence-corrected chi connectivity index (χ1v) is 12.0. The molecule has 36 heavy (non-hydrogen) atoms. The van der Waals surface area contributed by atoms with Gasteiger partial charge in [-0.1, -0.05) is 0 Å². The van der Waals surface area contributed by atoms with Crippen molar-refractivity contribution in [1.29, 1.82) is 0 Å².